The van der Waals surface area contributed by atoms with Crippen molar-refractivity contribution in [1.29, 1.82) is 0 Å². The summed E-state index contributed by atoms with van der Waals surface area (Å²) in [5, 5.41) is 2.99. The predicted octanol–water partition coefficient (Wildman–Crippen LogP) is 2.94. The third-order valence-corrected chi connectivity index (χ3v) is 3.37. The molecule has 0 saturated heterocycles. The molecule has 0 atom stereocenters. The molecular weight excluding hydrogens is 248 g/mol. The van der Waals surface area contributed by atoms with Crippen molar-refractivity contribution in [3.05, 3.63) is 64.7 Å². The molecular formula is C17H20N2O. The molecule has 1 amide bonds. The van der Waals surface area contributed by atoms with Crippen LogP contribution in [-0.4, -0.2) is 5.91 Å². The molecule has 2 aromatic carbocycles. The van der Waals surface area contributed by atoms with Crippen molar-refractivity contribution >= 4 is 11.6 Å². The van der Waals surface area contributed by atoms with Crippen LogP contribution in [0.1, 0.15) is 22.3 Å². The first-order valence-electron chi connectivity index (χ1n) is 6.74. The van der Waals surface area contributed by atoms with Gasteiger partial charge >= 0.3 is 0 Å². The monoisotopic (exact) mass is 268 g/mol. The fourth-order valence-electron chi connectivity index (χ4n) is 2.17. The zero-order valence-electron chi connectivity index (χ0n) is 11.9. The molecule has 0 fully saturated rings. The van der Waals surface area contributed by atoms with E-state index in [0.717, 1.165) is 27.9 Å². The van der Waals surface area contributed by atoms with E-state index in [1.807, 2.05) is 56.3 Å². The van der Waals surface area contributed by atoms with E-state index in [0.29, 0.717) is 13.0 Å². The topological polar surface area (TPSA) is 55.1 Å². The SMILES string of the molecule is Cc1cccc(C)c1NC(=O)Cc1ccc(CN)cc1. The number of para-hydroxylation sites is 1. The van der Waals surface area contributed by atoms with Crippen LogP contribution >= 0.6 is 0 Å². The number of benzene rings is 2. The molecule has 2 aromatic rings. The highest BCUT2D eigenvalue weighted by molar-refractivity contribution is 5.93. The molecule has 3 heteroatoms. The molecule has 0 unspecified atom stereocenters. The number of carbonyl (C=O) groups is 1. The third-order valence-electron chi connectivity index (χ3n) is 3.37. The van der Waals surface area contributed by atoms with E-state index < -0.39 is 0 Å². The second kappa shape index (κ2) is 6.35. The van der Waals surface area contributed by atoms with Crippen LogP contribution < -0.4 is 11.1 Å². The van der Waals surface area contributed by atoms with Crippen molar-refractivity contribution < 1.29 is 4.79 Å². The second-order valence-corrected chi connectivity index (χ2v) is 5.01. The molecule has 0 aliphatic carbocycles. The maximum absolute atomic E-state index is 12.1. The standard InChI is InChI=1S/C17H20N2O/c1-12-4-3-5-13(2)17(12)19-16(20)10-14-6-8-15(11-18)9-7-14/h3-9H,10-11,18H2,1-2H3,(H,19,20). The van der Waals surface area contributed by atoms with Gasteiger partial charge in [-0.3, -0.25) is 4.79 Å². The highest BCUT2D eigenvalue weighted by Gasteiger charge is 2.08. The van der Waals surface area contributed by atoms with Crippen molar-refractivity contribution in [2.45, 2.75) is 26.8 Å². The summed E-state index contributed by atoms with van der Waals surface area (Å²) in [6.07, 6.45) is 0.374. The Morgan fingerprint density at radius 2 is 1.55 bits per heavy atom. The van der Waals surface area contributed by atoms with Crippen LogP contribution in [0.3, 0.4) is 0 Å². The second-order valence-electron chi connectivity index (χ2n) is 5.01. The number of carbonyl (C=O) groups excluding carboxylic acids is 1. The number of nitrogens with one attached hydrogen (secondary N) is 1. The van der Waals surface area contributed by atoms with Gasteiger partial charge in [0.1, 0.15) is 0 Å². The van der Waals surface area contributed by atoms with E-state index in [-0.39, 0.29) is 5.91 Å². The molecule has 104 valence electrons. The van der Waals surface area contributed by atoms with Crippen LogP contribution in [0.4, 0.5) is 5.69 Å². The highest BCUT2D eigenvalue weighted by Crippen LogP contribution is 2.19. The Balaban J connectivity index is 2.05. The molecule has 3 nitrogen and oxygen atoms in total. The zero-order valence-corrected chi connectivity index (χ0v) is 11.9. The first kappa shape index (κ1) is 14.3. The molecule has 0 bridgehead atoms. The number of amides is 1. The van der Waals surface area contributed by atoms with Gasteiger partial charge in [-0.05, 0) is 36.1 Å². The number of aryl methyl sites for hydroxylation is 2. The summed E-state index contributed by atoms with van der Waals surface area (Å²) < 4.78 is 0. The van der Waals surface area contributed by atoms with Crippen LogP contribution in [0.5, 0.6) is 0 Å². The number of hydrogen-bond acceptors (Lipinski definition) is 2. The summed E-state index contributed by atoms with van der Waals surface area (Å²) in [4.78, 5) is 12.1. The Morgan fingerprint density at radius 1 is 1.00 bits per heavy atom. The van der Waals surface area contributed by atoms with Gasteiger partial charge in [-0.2, -0.15) is 0 Å². The fourth-order valence-corrected chi connectivity index (χ4v) is 2.17. The minimum absolute atomic E-state index is 0.00268. The Hall–Kier alpha value is -2.13. The molecule has 0 aliphatic rings. The molecule has 0 radical (unpaired) electrons. The summed E-state index contributed by atoms with van der Waals surface area (Å²) in [5.41, 5.74) is 10.7. The van der Waals surface area contributed by atoms with E-state index in [2.05, 4.69) is 5.32 Å². The van der Waals surface area contributed by atoms with Gasteiger partial charge in [-0.15, -0.1) is 0 Å². The quantitative estimate of drug-likeness (QED) is 0.895. The molecule has 0 aliphatic heterocycles. The summed E-state index contributed by atoms with van der Waals surface area (Å²) in [6.45, 7) is 4.52. The first-order chi connectivity index (χ1) is 9.60. The highest BCUT2D eigenvalue weighted by atomic mass is 16.1. The number of anilines is 1. The van der Waals surface area contributed by atoms with Gasteiger partial charge in [0.25, 0.3) is 0 Å². The Morgan fingerprint density at radius 3 is 2.10 bits per heavy atom. The van der Waals surface area contributed by atoms with Crippen LogP contribution in [0.2, 0.25) is 0 Å². The number of rotatable bonds is 4. The molecule has 2 rings (SSSR count). The van der Waals surface area contributed by atoms with Crippen molar-refractivity contribution in [2.75, 3.05) is 5.32 Å². The van der Waals surface area contributed by atoms with Crippen LogP contribution in [0.25, 0.3) is 0 Å². The summed E-state index contributed by atoms with van der Waals surface area (Å²) in [5.74, 6) is 0.00268. The van der Waals surface area contributed by atoms with Gasteiger partial charge in [0.05, 0.1) is 6.42 Å². The van der Waals surface area contributed by atoms with Crippen molar-refractivity contribution in [3.63, 3.8) is 0 Å². The third kappa shape index (κ3) is 3.45. The predicted molar refractivity (Wildman–Crippen MR) is 82.6 cm³/mol. The van der Waals surface area contributed by atoms with Crippen molar-refractivity contribution in [1.82, 2.24) is 0 Å². The molecule has 0 saturated carbocycles. The maximum atomic E-state index is 12.1. The molecule has 3 N–H and O–H groups in total. The van der Waals surface area contributed by atoms with Gasteiger partial charge in [-0.25, -0.2) is 0 Å². The first-order valence-corrected chi connectivity index (χ1v) is 6.74. The average molecular weight is 268 g/mol. The minimum atomic E-state index is 0.00268. The van der Waals surface area contributed by atoms with E-state index in [1.165, 1.54) is 0 Å². The van der Waals surface area contributed by atoms with E-state index in [9.17, 15) is 4.79 Å². The van der Waals surface area contributed by atoms with Gasteiger partial charge in [0.2, 0.25) is 5.91 Å². The van der Waals surface area contributed by atoms with Crippen LogP contribution in [0.15, 0.2) is 42.5 Å². The van der Waals surface area contributed by atoms with Crippen LogP contribution in [-0.2, 0) is 17.8 Å². The van der Waals surface area contributed by atoms with Crippen molar-refractivity contribution in [3.8, 4) is 0 Å². The van der Waals surface area contributed by atoms with Crippen molar-refractivity contribution in [2.24, 2.45) is 5.73 Å². The fraction of sp³-hybridized carbons (Fsp3) is 0.235. The van der Waals surface area contributed by atoms with E-state index in [1.54, 1.807) is 0 Å². The Kier molecular flexibility index (Phi) is 4.53. The molecule has 0 spiro atoms. The van der Waals surface area contributed by atoms with Gasteiger partial charge in [0, 0.05) is 12.2 Å². The average Bonchev–Trinajstić information content (AvgIpc) is 2.44. The lowest BCUT2D eigenvalue weighted by Gasteiger charge is -2.11. The smallest absolute Gasteiger partial charge is 0.228 e. The van der Waals surface area contributed by atoms with E-state index in [4.69, 9.17) is 5.73 Å². The molecule has 0 aromatic heterocycles. The lowest BCUT2D eigenvalue weighted by molar-refractivity contribution is -0.115. The normalized spacial score (nSPS) is 10.3. The molecule has 0 heterocycles. The maximum Gasteiger partial charge on any atom is 0.228 e. The van der Waals surface area contributed by atoms with Gasteiger partial charge < -0.3 is 11.1 Å². The van der Waals surface area contributed by atoms with Crippen LogP contribution in [0, 0.1) is 13.8 Å². The lowest BCUT2D eigenvalue weighted by Crippen LogP contribution is -2.16. The van der Waals surface area contributed by atoms with Gasteiger partial charge in [0.15, 0.2) is 0 Å². The summed E-state index contributed by atoms with van der Waals surface area (Å²) >= 11 is 0. The molecule has 20 heavy (non-hydrogen) atoms. The number of hydrogen-bond donors (Lipinski definition) is 2. The zero-order chi connectivity index (χ0) is 14.5. The van der Waals surface area contributed by atoms with Gasteiger partial charge in [-0.1, -0.05) is 42.5 Å². The lowest BCUT2D eigenvalue weighted by atomic mass is 10.1. The largest absolute Gasteiger partial charge is 0.326 e. The number of nitrogens with two attached hydrogens (primary N) is 1. The Bertz CT molecular complexity index is 583. The Labute approximate surface area is 119 Å². The summed E-state index contributed by atoms with van der Waals surface area (Å²) in [6, 6.07) is 13.8. The summed E-state index contributed by atoms with van der Waals surface area (Å²) in [7, 11) is 0. The van der Waals surface area contributed by atoms with E-state index >= 15 is 0 Å². The minimum Gasteiger partial charge on any atom is -0.326 e.